The monoisotopic (exact) mass is 478 g/mol. The van der Waals surface area contributed by atoms with Crippen LogP contribution in [-0.2, 0) is 14.8 Å². The summed E-state index contributed by atoms with van der Waals surface area (Å²) in [5.74, 6) is 0.516. The number of sulfonamides is 1. The molecule has 0 aliphatic carbocycles. The molecule has 3 rings (SSSR count). The standard InChI is InChI=1S/C20H19BrN2O5S/c1-27-19-11-16(6-8-18(19)23-29(2,25)26)22-20(24)12-28-17-7-4-13-9-15(21)5-3-14(13)10-17/h3-11,23H,12H2,1-2H3,(H,22,24). The maximum absolute atomic E-state index is 12.2. The summed E-state index contributed by atoms with van der Waals surface area (Å²) in [7, 11) is -2.03. The summed E-state index contributed by atoms with van der Waals surface area (Å²) in [5.41, 5.74) is 0.741. The van der Waals surface area contributed by atoms with Gasteiger partial charge in [0.15, 0.2) is 6.61 Å². The molecular formula is C20H19BrN2O5S. The highest BCUT2D eigenvalue weighted by Gasteiger charge is 2.11. The van der Waals surface area contributed by atoms with Crippen LogP contribution in [0.5, 0.6) is 11.5 Å². The van der Waals surface area contributed by atoms with Gasteiger partial charge in [-0.25, -0.2) is 8.42 Å². The van der Waals surface area contributed by atoms with Crippen LogP contribution in [0.3, 0.4) is 0 Å². The van der Waals surface area contributed by atoms with Crippen molar-refractivity contribution in [3.05, 3.63) is 59.1 Å². The van der Waals surface area contributed by atoms with Crippen molar-refractivity contribution in [1.29, 1.82) is 0 Å². The number of carbonyl (C=O) groups is 1. The van der Waals surface area contributed by atoms with E-state index in [9.17, 15) is 13.2 Å². The van der Waals surface area contributed by atoms with Crippen molar-refractivity contribution in [2.75, 3.05) is 30.0 Å². The lowest BCUT2D eigenvalue weighted by Crippen LogP contribution is -2.20. The van der Waals surface area contributed by atoms with Crippen molar-refractivity contribution in [2.24, 2.45) is 0 Å². The Labute approximate surface area is 177 Å². The smallest absolute Gasteiger partial charge is 0.262 e. The fraction of sp³-hybridized carbons (Fsp3) is 0.150. The topological polar surface area (TPSA) is 93.7 Å². The molecule has 3 aromatic carbocycles. The van der Waals surface area contributed by atoms with Crippen molar-refractivity contribution in [3.8, 4) is 11.5 Å². The van der Waals surface area contributed by atoms with Gasteiger partial charge in [-0.15, -0.1) is 0 Å². The van der Waals surface area contributed by atoms with Crippen molar-refractivity contribution >= 4 is 54.0 Å². The minimum atomic E-state index is -3.44. The molecule has 0 unspecified atom stereocenters. The van der Waals surface area contributed by atoms with Gasteiger partial charge in [0.2, 0.25) is 10.0 Å². The van der Waals surface area contributed by atoms with Crippen LogP contribution in [0.25, 0.3) is 10.8 Å². The number of fused-ring (bicyclic) bond motifs is 1. The van der Waals surface area contributed by atoms with E-state index >= 15 is 0 Å². The van der Waals surface area contributed by atoms with Gasteiger partial charge < -0.3 is 14.8 Å². The first-order valence-corrected chi connectivity index (χ1v) is 11.2. The lowest BCUT2D eigenvalue weighted by atomic mass is 10.1. The fourth-order valence-corrected chi connectivity index (χ4v) is 3.63. The number of ether oxygens (including phenoxy) is 2. The van der Waals surface area contributed by atoms with Gasteiger partial charge in [-0.05, 0) is 47.2 Å². The molecule has 3 aromatic rings. The second kappa shape index (κ2) is 8.71. The quantitative estimate of drug-likeness (QED) is 0.535. The first-order valence-electron chi connectivity index (χ1n) is 8.51. The predicted octanol–water partition coefficient (Wildman–Crippen LogP) is 4.00. The van der Waals surface area contributed by atoms with E-state index in [1.165, 1.54) is 19.2 Å². The summed E-state index contributed by atoms with van der Waals surface area (Å²) in [6, 6.07) is 16.1. The van der Waals surface area contributed by atoms with E-state index in [-0.39, 0.29) is 24.0 Å². The minimum absolute atomic E-state index is 0.173. The number of benzene rings is 3. The third-order valence-electron chi connectivity index (χ3n) is 3.92. The number of nitrogens with one attached hydrogen (secondary N) is 2. The average molecular weight is 479 g/mol. The number of amides is 1. The molecule has 0 radical (unpaired) electrons. The number of carbonyl (C=O) groups excluding carboxylic acids is 1. The Bertz CT molecular complexity index is 1160. The summed E-state index contributed by atoms with van der Waals surface area (Å²) in [6.07, 6.45) is 1.05. The highest BCUT2D eigenvalue weighted by molar-refractivity contribution is 9.10. The number of rotatable bonds is 7. The van der Waals surface area contributed by atoms with E-state index in [2.05, 4.69) is 26.0 Å². The summed E-state index contributed by atoms with van der Waals surface area (Å²) in [6.45, 7) is -0.173. The maximum atomic E-state index is 12.2. The molecule has 0 aliphatic heterocycles. The van der Waals surface area contributed by atoms with Crippen molar-refractivity contribution < 1.29 is 22.7 Å². The third-order valence-corrected chi connectivity index (χ3v) is 5.01. The van der Waals surface area contributed by atoms with Crippen LogP contribution in [0.1, 0.15) is 0 Å². The first-order chi connectivity index (χ1) is 13.7. The summed E-state index contributed by atoms with van der Waals surface area (Å²) in [5, 5.41) is 4.76. The van der Waals surface area contributed by atoms with E-state index < -0.39 is 10.0 Å². The zero-order valence-corrected chi connectivity index (χ0v) is 18.1. The normalized spacial score (nSPS) is 11.1. The summed E-state index contributed by atoms with van der Waals surface area (Å²) in [4.78, 5) is 12.2. The van der Waals surface area contributed by atoms with Gasteiger partial charge in [0.05, 0.1) is 19.1 Å². The molecule has 29 heavy (non-hydrogen) atoms. The first kappa shape index (κ1) is 20.9. The predicted molar refractivity (Wildman–Crippen MR) is 117 cm³/mol. The number of methoxy groups -OCH3 is 1. The molecule has 2 N–H and O–H groups in total. The molecule has 152 valence electrons. The second-order valence-corrected chi connectivity index (χ2v) is 8.94. The zero-order chi connectivity index (χ0) is 21.0. The summed E-state index contributed by atoms with van der Waals surface area (Å²) < 4.78 is 36.9. The third kappa shape index (κ3) is 5.85. The minimum Gasteiger partial charge on any atom is -0.494 e. The van der Waals surface area contributed by atoms with Crippen LogP contribution in [0, 0.1) is 0 Å². The van der Waals surface area contributed by atoms with Crippen LogP contribution in [-0.4, -0.2) is 34.3 Å². The van der Waals surface area contributed by atoms with Crippen molar-refractivity contribution in [2.45, 2.75) is 0 Å². The Morgan fingerprint density at radius 2 is 1.76 bits per heavy atom. The Morgan fingerprint density at radius 1 is 1.03 bits per heavy atom. The van der Waals surface area contributed by atoms with E-state index in [4.69, 9.17) is 9.47 Å². The van der Waals surface area contributed by atoms with Gasteiger partial charge in [-0.2, -0.15) is 0 Å². The molecular weight excluding hydrogens is 460 g/mol. The van der Waals surface area contributed by atoms with Gasteiger partial charge in [0, 0.05) is 16.2 Å². The Balaban J connectivity index is 1.64. The molecule has 0 aliphatic rings. The second-order valence-electron chi connectivity index (χ2n) is 6.28. The maximum Gasteiger partial charge on any atom is 0.262 e. The highest BCUT2D eigenvalue weighted by Crippen LogP contribution is 2.29. The Morgan fingerprint density at radius 3 is 2.48 bits per heavy atom. The molecule has 0 spiro atoms. The number of halogens is 1. The number of hydrogen-bond donors (Lipinski definition) is 2. The van der Waals surface area contributed by atoms with Crippen molar-refractivity contribution in [3.63, 3.8) is 0 Å². The van der Waals surface area contributed by atoms with Gasteiger partial charge in [0.25, 0.3) is 5.91 Å². The molecule has 0 saturated carbocycles. The SMILES string of the molecule is COc1cc(NC(=O)COc2ccc3cc(Br)ccc3c2)ccc1NS(C)(=O)=O. The van der Waals surface area contributed by atoms with Crippen LogP contribution < -0.4 is 19.5 Å². The number of anilines is 2. The molecule has 0 atom stereocenters. The molecule has 0 saturated heterocycles. The van der Waals surface area contributed by atoms with Crippen LogP contribution in [0.4, 0.5) is 11.4 Å². The van der Waals surface area contributed by atoms with Gasteiger partial charge in [-0.1, -0.05) is 28.1 Å². The largest absolute Gasteiger partial charge is 0.494 e. The van der Waals surface area contributed by atoms with Crippen LogP contribution in [0.15, 0.2) is 59.1 Å². The molecule has 0 aromatic heterocycles. The highest BCUT2D eigenvalue weighted by atomic mass is 79.9. The van der Waals surface area contributed by atoms with E-state index in [0.717, 1.165) is 21.5 Å². The van der Waals surface area contributed by atoms with E-state index in [1.807, 2.05) is 30.3 Å². The van der Waals surface area contributed by atoms with Crippen molar-refractivity contribution in [1.82, 2.24) is 0 Å². The Hall–Kier alpha value is -2.78. The van der Waals surface area contributed by atoms with Crippen LogP contribution >= 0.6 is 15.9 Å². The molecule has 7 nitrogen and oxygen atoms in total. The van der Waals surface area contributed by atoms with Gasteiger partial charge in [0.1, 0.15) is 11.5 Å². The Kier molecular flexibility index (Phi) is 6.29. The average Bonchev–Trinajstić information content (AvgIpc) is 2.66. The van der Waals surface area contributed by atoms with E-state index in [1.54, 1.807) is 12.1 Å². The fourth-order valence-electron chi connectivity index (χ4n) is 2.68. The zero-order valence-electron chi connectivity index (χ0n) is 15.7. The lowest BCUT2D eigenvalue weighted by Gasteiger charge is -2.13. The van der Waals surface area contributed by atoms with Crippen LogP contribution in [0.2, 0.25) is 0 Å². The number of hydrogen-bond acceptors (Lipinski definition) is 5. The van der Waals surface area contributed by atoms with E-state index in [0.29, 0.717) is 11.4 Å². The molecule has 9 heteroatoms. The molecule has 0 fully saturated rings. The lowest BCUT2D eigenvalue weighted by molar-refractivity contribution is -0.118. The van der Waals surface area contributed by atoms with Gasteiger partial charge >= 0.3 is 0 Å². The summed E-state index contributed by atoms with van der Waals surface area (Å²) >= 11 is 3.43. The van der Waals surface area contributed by atoms with Gasteiger partial charge in [-0.3, -0.25) is 9.52 Å². The molecule has 1 amide bonds. The molecule has 0 bridgehead atoms. The molecule has 0 heterocycles.